The van der Waals surface area contributed by atoms with E-state index in [2.05, 4.69) is 43.5 Å². The molecule has 0 aromatic carbocycles. The number of quaternary nitrogens is 1. The van der Waals surface area contributed by atoms with Crippen LogP contribution in [0.1, 0.15) is 322 Å². The van der Waals surface area contributed by atoms with E-state index in [1.54, 1.807) is 6.08 Å². The van der Waals surface area contributed by atoms with Gasteiger partial charge in [0.1, 0.15) is 13.2 Å². The Bertz CT molecular complexity index is 1300. The zero-order chi connectivity index (χ0) is 54.2. The third-order valence-electron chi connectivity index (χ3n) is 14.8. The highest BCUT2D eigenvalue weighted by atomic mass is 31.2. The highest BCUT2D eigenvalue weighted by Gasteiger charge is 2.23. The van der Waals surface area contributed by atoms with E-state index >= 15 is 0 Å². The molecule has 74 heavy (non-hydrogen) atoms. The Balaban J connectivity index is 4.09. The molecular weight excluding hydrogens is 936 g/mol. The van der Waals surface area contributed by atoms with Crippen LogP contribution in [0.3, 0.4) is 0 Å². The van der Waals surface area contributed by atoms with Gasteiger partial charge < -0.3 is 28.8 Å². The Kier molecular flexibility index (Phi) is 55.5. The molecule has 3 atom stereocenters. The Morgan fingerprint density at radius 2 is 0.784 bits per heavy atom. The van der Waals surface area contributed by atoms with Crippen LogP contribution in [-0.4, -0.2) is 68.5 Å². The normalized spacial score (nSPS) is 14.0. The first-order chi connectivity index (χ1) is 36.0. The van der Waals surface area contributed by atoms with Crippen LogP contribution in [0.2, 0.25) is 0 Å². The van der Waals surface area contributed by atoms with Crippen LogP contribution >= 0.6 is 7.82 Å². The third-order valence-corrected chi connectivity index (χ3v) is 15.8. The van der Waals surface area contributed by atoms with Crippen molar-refractivity contribution in [1.29, 1.82) is 0 Å². The molecule has 0 saturated carbocycles. The minimum Gasteiger partial charge on any atom is -0.756 e. The van der Waals surface area contributed by atoms with Gasteiger partial charge in [0, 0.05) is 6.42 Å². The van der Waals surface area contributed by atoms with E-state index in [0.717, 1.165) is 44.9 Å². The Morgan fingerprint density at radius 3 is 1.12 bits per heavy atom. The topological polar surface area (TPSA) is 108 Å². The molecule has 1 amide bonds. The predicted molar refractivity (Wildman–Crippen MR) is 321 cm³/mol. The van der Waals surface area contributed by atoms with Crippen LogP contribution in [0.15, 0.2) is 36.5 Å². The highest BCUT2D eigenvalue weighted by Crippen LogP contribution is 2.38. The summed E-state index contributed by atoms with van der Waals surface area (Å²) in [6.07, 6.45) is 73.8. The van der Waals surface area contributed by atoms with Crippen LogP contribution in [0.5, 0.6) is 0 Å². The van der Waals surface area contributed by atoms with Crippen molar-refractivity contribution in [3.63, 3.8) is 0 Å². The summed E-state index contributed by atoms with van der Waals surface area (Å²) in [5.74, 6) is -0.193. The van der Waals surface area contributed by atoms with E-state index in [9.17, 15) is 19.4 Å². The Hall–Kier alpha value is -1.28. The molecule has 0 spiro atoms. The number of phosphoric acid groups is 1. The number of carbonyl (C=O) groups excluding carboxylic acids is 1. The van der Waals surface area contributed by atoms with Crippen LogP contribution in [0.25, 0.3) is 0 Å². The number of amides is 1. The second kappa shape index (κ2) is 56.4. The lowest BCUT2D eigenvalue weighted by Gasteiger charge is -2.29. The number of likely N-dealkylation sites (N-methyl/N-ethyl adjacent to an activating group) is 1. The van der Waals surface area contributed by atoms with Crippen molar-refractivity contribution in [3.05, 3.63) is 36.5 Å². The molecule has 0 bridgehead atoms. The fourth-order valence-corrected chi connectivity index (χ4v) is 10.5. The van der Waals surface area contributed by atoms with Gasteiger partial charge in [-0.15, -0.1) is 0 Å². The van der Waals surface area contributed by atoms with Gasteiger partial charge >= 0.3 is 0 Å². The largest absolute Gasteiger partial charge is 0.756 e. The van der Waals surface area contributed by atoms with Crippen molar-refractivity contribution in [2.45, 2.75) is 334 Å². The van der Waals surface area contributed by atoms with Gasteiger partial charge in [-0.1, -0.05) is 301 Å². The summed E-state index contributed by atoms with van der Waals surface area (Å²) < 4.78 is 23.4. The maximum absolute atomic E-state index is 13.0. The molecule has 0 saturated heterocycles. The zero-order valence-electron chi connectivity index (χ0n) is 50.1. The number of carbonyl (C=O) groups is 1. The number of rotatable bonds is 60. The fraction of sp³-hybridized carbons (Fsp3) is 0.892. The molecule has 9 heteroatoms. The minimum atomic E-state index is -4.60. The smallest absolute Gasteiger partial charge is 0.268 e. The molecule has 0 rings (SSSR count). The number of unbranched alkanes of at least 4 members (excludes halogenated alkanes) is 43. The van der Waals surface area contributed by atoms with Crippen molar-refractivity contribution >= 4 is 13.7 Å². The molecule has 0 fully saturated rings. The van der Waals surface area contributed by atoms with Gasteiger partial charge in [-0.25, -0.2) is 0 Å². The number of nitrogens with one attached hydrogen (secondary N) is 1. The second-order valence-corrected chi connectivity index (χ2v) is 24.9. The van der Waals surface area contributed by atoms with Crippen molar-refractivity contribution in [2.75, 3.05) is 40.9 Å². The molecule has 0 aliphatic rings. The number of phosphoric ester groups is 1. The second-order valence-electron chi connectivity index (χ2n) is 23.5. The first-order valence-electron chi connectivity index (χ1n) is 32.4. The molecule has 0 heterocycles. The summed E-state index contributed by atoms with van der Waals surface area (Å²) in [7, 11) is 1.27. The molecule has 438 valence electrons. The summed E-state index contributed by atoms with van der Waals surface area (Å²) in [5.41, 5.74) is 0. The lowest BCUT2D eigenvalue weighted by molar-refractivity contribution is -0.870. The predicted octanol–water partition coefficient (Wildman–Crippen LogP) is 19.5. The summed E-state index contributed by atoms with van der Waals surface area (Å²) >= 11 is 0. The van der Waals surface area contributed by atoms with Crippen LogP contribution in [0.4, 0.5) is 0 Å². The van der Waals surface area contributed by atoms with Gasteiger partial charge in [0.2, 0.25) is 5.91 Å². The molecule has 0 aromatic heterocycles. The first kappa shape index (κ1) is 72.7. The SMILES string of the molecule is CCCCCCCCCCC/C=C\C/C=C\CCCCCCCCCCCCCCCCCC(=O)NC(COP(=O)([O-])OCC[N+](C)(C)C)C(O)/C=C/CCCCCCCCCCCCCCCCCCCCC. The number of hydrogen-bond acceptors (Lipinski definition) is 6. The van der Waals surface area contributed by atoms with E-state index in [1.807, 2.05) is 27.2 Å². The maximum Gasteiger partial charge on any atom is 0.268 e. The van der Waals surface area contributed by atoms with Gasteiger partial charge in [-0.2, -0.15) is 0 Å². The molecule has 3 unspecified atom stereocenters. The quantitative estimate of drug-likeness (QED) is 0.0272. The van der Waals surface area contributed by atoms with E-state index in [1.165, 1.54) is 257 Å². The van der Waals surface area contributed by atoms with Gasteiger partial charge in [0.25, 0.3) is 7.82 Å². The third kappa shape index (κ3) is 58.4. The van der Waals surface area contributed by atoms with Crippen molar-refractivity contribution in [2.24, 2.45) is 0 Å². The number of aliphatic hydroxyl groups is 1. The molecule has 0 aliphatic carbocycles. The Labute approximate surface area is 461 Å². The van der Waals surface area contributed by atoms with E-state index in [-0.39, 0.29) is 19.1 Å². The summed E-state index contributed by atoms with van der Waals surface area (Å²) in [5, 5.41) is 13.9. The van der Waals surface area contributed by atoms with Gasteiger partial charge in [0.05, 0.1) is 39.9 Å². The number of aliphatic hydroxyl groups excluding tert-OH is 1. The lowest BCUT2D eigenvalue weighted by atomic mass is 10.0. The monoisotopic (exact) mass is 1060 g/mol. The molecule has 2 N–H and O–H groups in total. The molecule has 0 aromatic rings. The van der Waals surface area contributed by atoms with Gasteiger partial charge in [-0.05, 0) is 51.4 Å². The summed E-state index contributed by atoms with van der Waals surface area (Å²) in [6.45, 7) is 4.70. The summed E-state index contributed by atoms with van der Waals surface area (Å²) in [4.78, 5) is 25.6. The maximum atomic E-state index is 13.0. The van der Waals surface area contributed by atoms with Crippen molar-refractivity contribution in [3.8, 4) is 0 Å². The Morgan fingerprint density at radius 1 is 0.473 bits per heavy atom. The fourth-order valence-electron chi connectivity index (χ4n) is 9.78. The average molecular weight is 1060 g/mol. The lowest BCUT2D eigenvalue weighted by Crippen LogP contribution is -2.45. The average Bonchev–Trinajstić information content (AvgIpc) is 3.36. The molecular formula is C65H127N2O6P. The number of nitrogens with zero attached hydrogens (tertiary/aromatic N) is 1. The highest BCUT2D eigenvalue weighted by molar-refractivity contribution is 7.45. The molecule has 0 radical (unpaired) electrons. The summed E-state index contributed by atoms with van der Waals surface area (Å²) in [6, 6.07) is -0.887. The van der Waals surface area contributed by atoms with Crippen molar-refractivity contribution in [1.82, 2.24) is 5.32 Å². The first-order valence-corrected chi connectivity index (χ1v) is 33.8. The van der Waals surface area contributed by atoms with E-state index in [4.69, 9.17) is 9.05 Å². The van der Waals surface area contributed by atoms with Crippen molar-refractivity contribution < 1.29 is 32.9 Å². The van der Waals surface area contributed by atoms with Crippen LogP contribution in [0, 0.1) is 0 Å². The molecule has 0 aliphatic heterocycles. The standard InChI is InChI=1S/C65H127N2O6P/c1-6-8-10-12-14-16-18-20-22-24-26-28-29-30-31-32-33-34-35-36-37-39-41-43-45-47-49-51-53-55-57-59-65(69)66-63(62-73-74(70,71)72-61-60-67(3,4)5)64(68)58-56-54-52-50-48-46-44-42-40-38-27-25-23-21-19-17-15-13-11-9-7-2/h26,28,30-31,56,58,63-64,68H,6-25,27,29,32-55,57,59-62H2,1-5H3,(H-,66,69,70,71)/b28-26-,31-30-,58-56+. The van der Waals surface area contributed by atoms with Crippen LogP contribution < -0.4 is 10.2 Å². The molecule has 8 nitrogen and oxygen atoms in total. The van der Waals surface area contributed by atoms with E-state index in [0.29, 0.717) is 17.4 Å². The van der Waals surface area contributed by atoms with E-state index < -0.39 is 20.0 Å². The number of allylic oxidation sites excluding steroid dienone is 5. The zero-order valence-corrected chi connectivity index (χ0v) is 51.0. The van der Waals surface area contributed by atoms with Crippen LogP contribution in [-0.2, 0) is 18.4 Å². The van der Waals surface area contributed by atoms with Gasteiger partial charge in [-0.3, -0.25) is 9.36 Å². The minimum absolute atomic E-state index is 0.000301. The van der Waals surface area contributed by atoms with Gasteiger partial charge in [0.15, 0.2) is 0 Å². The number of hydrogen-bond donors (Lipinski definition) is 2.